The number of amides is 1. The molecule has 2 N–H and O–H groups in total. The van der Waals surface area contributed by atoms with Gasteiger partial charge in [-0.25, -0.2) is 0 Å². The molecule has 0 saturated heterocycles. The fourth-order valence-corrected chi connectivity index (χ4v) is 2.01. The van der Waals surface area contributed by atoms with E-state index in [0.717, 1.165) is 5.69 Å². The van der Waals surface area contributed by atoms with Gasteiger partial charge >= 0.3 is 0 Å². The summed E-state index contributed by atoms with van der Waals surface area (Å²) >= 11 is 0. The molecule has 2 rings (SSSR count). The van der Waals surface area contributed by atoms with Crippen molar-refractivity contribution in [3.63, 3.8) is 0 Å². The molecule has 1 amide bonds. The summed E-state index contributed by atoms with van der Waals surface area (Å²) in [5.41, 5.74) is 2.56. The minimum absolute atomic E-state index is 0.195. The van der Waals surface area contributed by atoms with Crippen LogP contribution < -0.4 is 10.6 Å². The summed E-state index contributed by atoms with van der Waals surface area (Å²) in [6, 6.07) is 11.6. The van der Waals surface area contributed by atoms with Crippen molar-refractivity contribution in [2.24, 2.45) is 5.92 Å². The number of carbonyl (C=O) groups is 1. The first-order valence-electron chi connectivity index (χ1n) is 7.94. The summed E-state index contributed by atoms with van der Waals surface area (Å²) in [6.07, 6.45) is 0. The van der Waals surface area contributed by atoms with Crippen molar-refractivity contribution in [3.05, 3.63) is 47.7 Å². The average Bonchev–Trinajstić information content (AvgIpc) is 2.54. The normalized spacial score (nSPS) is 10.9. The third-order valence-electron chi connectivity index (χ3n) is 3.42. The Kier molecular flexibility index (Phi) is 5.68. The number of hydrogen-bond acceptors (Lipinski definition) is 4. The van der Waals surface area contributed by atoms with E-state index in [0.29, 0.717) is 29.9 Å². The second-order valence-electron chi connectivity index (χ2n) is 6.31. The summed E-state index contributed by atoms with van der Waals surface area (Å²) in [5, 5.41) is 14.0. The Morgan fingerprint density at radius 3 is 2.22 bits per heavy atom. The Morgan fingerprint density at radius 1 is 1.00 bits per heavy atom. The first kappa shape index (κ1) is 16.9. The standard InChI is InChI=1S/C18H24N4O/c1-12(2)11-19-18(23)16-9-10-17(22-21-16)20-15-7-5-14(6-8-15)13(3)4/h5-10,12-13H,11H2,1-4H3,(H,19,23)(H,20,22). The predicted molar refractivity (Wildman–Crippen MR) is 93.0 cm³/mol. The fraction of sp³-hybridized carbons (Fsp3) is 0.389. The van der Waals surface area contributed by atoms with Crippen molar-refractivity contribution in [2.75, 3.05) is 11.9 Å². The molecule has 1 aromatic heterocycles. The first-order valence-corrected chi connectivity index (χ1v) is 7.94. The summed E-state index contributed by atoms with van der Waals surface area (Å²) in [5.74, 6) is 1.33. The maximum absolute atomic E-state index is 11.9. The molecule has 0 aliphatic heterocycles. The molecular weight excluding hydrogens is 288 g/mol. The van der Waals surface area contributed by atoms with Crippen LogP contribution in [0.1, 0.15) is 49.7 Å². The maximum atomic E-state index is 11.9. The van der Waals surface area contributed by atoms with Gasteiger partial charge in [-0.1, -0.05) is 39.8 Å². The number of aromatic nitrogens is 2. The van der Waals surface area contributed by atoms with Gasteiger partial charge in [0.2, 0.25) is 0 Å². The first-order chi connectivity index (χ1) is 11.0. The molecule has 1 heterocycles. The highest BCUT2D eigenvalue weighted by Crippen LogP contribution is 2.19. The molecule has 23 heavy (non-hydrogen) atoms. The highest BCUT2D eigenvalue weighted by atomic mass is 16.1. The van der Waals surface area contributed by atoms with E-state index in [-0.39, 0.29) is 5.91 Å². The minimum Gasteiger partial charge on any atom is -0.350 e. The zero-order valence-corrected chi connectivity index (χ0v) is 14.1. The van der Waals surface area contributed by atoms with E-state index in [4.69, 9.17) is 0 Å². The van der Waals surface area contributed by atoms with E-state index in [1.54, 1.807) is 12.1 Å². The Morgan fingerprint density at radius 2 is 1.70 bits per heavy atom. The topological polar surface area (TPSA) is 66.9 Å². The number of rotatable bonds is 6. The van der Waals surface area contributed by atoms with Crippen LogP contribution in [0.25, 0.3) is 0 Å². The molecule has 0 aliphatic rings. The van der Waals surface area contributed by atoms with Crippen molar-refractivity contribution >= 4 is 17.4 Å². The SMILES string of the molecule is CC(C)CNC(=O)c1ccc(Nc2ccc(C(C)C)cc2)nn1. The second-order valence-corrected chi connectivity index (χ2v) is 6.31. The molecular formula is C18H24N4O. The van der Waals surface area contributed by atoms with Crippen LogP contribution in [0.5, 0.6) is 0 Å². The molecule has 0 spiro atoms. The van der Waals surface area contributed by atoms with E-state index < -0.39 is 0 Å². The summed E-state index contributed by atoms with van der Waals surface area (Å²) in [6.45, 7) is 9.05. The Labute approximate surface area is 137 Å². The molecule has 122 valence electrons. The molecule has 0 bridgehead atoms. The zero-order valence-electron chi connectivity index (χ0n) is 14.1. The van der Waals surface area contributed by atoms with Crippen molar-refractivity contribution in [1.82, 2.24) is 15.5 Å². The third kappa shape index (κ3) is 5.06. The lowest BCUT2D eigenvalue weighted by molar-refractivity contribution is 0.0943. The van der Waals surface area contributed by atoms with Crippen molar-refractivity contribution in [2.45, 2.75) is 33.6 Å². The van der Waals surface area contributed by atoms with Gasteiger partial charge in [-0.05, 0) is 41.7 Å². The van der Waals surface area contributed by atoms with Crippen LogP contribution >= 0.6 is 0 Å². The van der Waals surface area contributed by atoms with Gasteiger partial charge in [-0.15, -0.1) is 10.2 Å². The molecule has 0 saturated carbocycles. The smallest absolute Gasteiger partial charge is 0.271 e. The highest BCUT2D eigenvalue weighted by molar-refractivity contribution is 5.92. The minimum atomic E-state index is -0.195. The van der Waals surface area contributed by atoms with Gasteiger partial charge in [0.25, 0.3) is 5.91 Å². The zero-order chi connectivity index (χ0) is 16.8. The number of benzene rings is 1. The molecule has 0 unspecified atom stereocenters. The van der Waals surface area contributed by atoms with E-state index in [1.807, 2.05) is 26.0 Å². The summed E-state index contributed by atoms with van der Waals surface area (Å²) < 4.78 is 0. The summed E-state index contributed by atoms with van der Waals surface area (Å²) in [4.78, 5) is 11.9. The van der Waals surface area contributed by atoms with Gasteiger partial charge in [-0.3, -0.25) is 4.79 Å². The Bertz CT molecular complexity index is 633. The van der Waals surface area contributed by atoms with Crippen LogP contribution in [0.4, 0.5) is 11.5 Å². The number of hydrogen-bond donors (Lipinski definition) is 2. The molecule has 0 radical (unpaired) electrons. The highest BCUT2D eigenvalue weighted by Gasteiger charge is 2.08. The van der Waals surface area contributed by atoms with E-state index in [1.165, 1.54) is 5.56 Å². The predicted octanol–water partition coefficient (Wildman–Crippen LogP) is 3.73. The largest absolute Gasteiger partial charge is 0.350 e. The second kappa shape index (κ2) is 7.72. The lowest BCUT2D eigenvalue weighted by atomic mass is 10.0. The van der Waals surface area contributed by atoms with Gasteiger partial charge in [-0.2, -0.15) is 0 Å². The number of nitrogens with zero attached hydrogens (tertiary/aromatic N) is 2. The molecule has 0 atom stereocenters. The lowest BCUT2D eigenvalue weighted by Gasteiger charge is -2.09. The number of anilines is 2. The van der Waals surface area contributed by atoms with Gasteiger partial charge in [0.1, 0.15) is 0 Å². The van der Waals surface area contributed by atoms with E-state index in [2.05, 4.69) is 46.8 Å². The van der Waals surface area contributed by atoms with Crippen LogP contribution in [-0.4, -0.2) is 22.6 Å². The monoisotopic (exact) mass is 312 g/mol. The number of carbonyl (C=O) groups excluding carboxylic acids is 1. The molecule has 0 aliphatic carbocycles. The lowest BCUT2D eigenvalue weighted by Crippen LogP contribution is -2.28. The van der Waals surface area contributed by atoms with Crippen molar-refractivity contribution in [1.29, 1.82) is 0 Å². The van der Waals surface area contributed by atoms with Gasteiger partial charge in [0.05, 0.1) is 0 Å². The van der Waals surface area contributed by atoms with Crippen LogP contribution in [0.3, 0.4) is 0 Å². The van der Waals surface area contributed by atoms with E-state index in [9.17, 15) is 4.79 Å². The van der Waals surface area contributed by atoms with Crippen LogP contribution in [0.15, 0.2) is 36.4 Å². The average molecular weight is 312 g/mol. The quantitative estimate of drug-likeness (QED) is 0.853. The van der Waals surface area contributed by atoms with E-state index >= 15 is 0 Å². The van der Waals surface area contributed by atoms with Gasteiger partial charge in [0, 0.05) is 12.2 Å². The van der Waals surface area contributed by atoms with Crippen molar-refractivity contribution < 1.29 is 4.79 Å². The van der Waals surface area contributed by atoms with Crippen LogP contribution in [-0.2, 0) is 0 Å². The van der Waals surface area contributed by atoms with Gasteiger partial charge in [0.15, 0.2) is 11.5 Å². The molecule has 5 nitrogen and oxygen atoms in total. The van der Waals surface area contributed by atoms with Crippen molar-refractivity contribution in [3.8, 4) is 0 Å². The molecule has 0 fully saturated rings. The Balaban J connectivity index is 1.98. The fourth-order valence-electron chi connectivity index (χ4n) is 2.01. The third-order valence-corrected chi connectivity index (χ3v) is 3.42. The molecule has 5 heteroatoms. The summed E-state index contributed by atoms with van der Waals surface area (Å²) in [7, 11) is 0. The molecule has 1 aromatic carbocycles. The van der Waals surface area contributed by atoms with Crippen LogP contribution in [0.2, 0.25) is 0 Å². The van der Waals surface area contributed by atoms with Gasteiger partial charge < -0.3 is 10.6 Å². The molecule has 2 aromatic rings. The Hall–Kier alpha value is -2.43. The maximum Gasteiger partial charge on any atom is 0.271 e. The van der Waals surface area contributed by atoms with Crippen LogP contribution in [0, 0.1) is 5.92 Å². The number of nitrogens with one attached hydrogen (secondary N) is 2.